The summed E-state index contributed by atoms with van der Waals surface area (Å²) < 4.78 is 0.935. The first-order valence-electron chi connectivity index (χ1n) is 4.00. The van der Waals surface area contributed by atoms with Gasteiger partial charge in [-0.05, 0) is 11.4 Å². The van der Waals surface area contributed by atoms with Crippen LogP contribution in [0.15, 0.2) is 21.0 Å². The molecule has 0 aliphatic carbocycles. The Bertz CT molecular complexity index is 636. The van der Waals surface area contributed by atoms with Gasteiger partial charge >= 0.3 is 5.69 Å². The van der Waals surface area contributed by atoms with Gasteiger partial charge in [0.05, 0.1) is 18.0 Å². The summed E-state index contributed by atoms with van der Waals surface area (Å²) >= 11 is 1.15. The summed E-state index contributed by atoms with van der Waals surface area (Å²) in [7, 11) is 0. The van der Waals surface area contributed by atoms with Crippen molar-refractivity contribution < 1.29 is 9.90 Å². The van der Waals surface area contributed by atoms with Crippen molar-refractivity contribution in [2.24, 2.45) is 0 Å². The third-order valence-corrected chi connectivity index (χ3v) is 2.78. The molecule has 2 heterocycles. The van der Waals surface area contributed by atoms with E-state index >= 15 is 0 Å². The van der Waals surface area contributed by atoms with E-state index in [2.05, 4.69) is 4.98 Å². The van der Waals surface area contributed by atoms with Crippen molar-refractivity contribution in [3.8, 4) is 0 Å². The molecule has 1 N–H and O–H groups in total. The zero-order valence-electron chi connectivity index (χ0n) is 7.35. The number of carbonyl (C=O) groups is 1. The number of aliphatic carboxylic acids is 1. The summed E-state index contributed by atoms with van der Waals surface area (Å²) in [6.45, 7) is -0.734. The highest BCUT2D eigenvalue weighted by Crippen LogP contribution is 2.11. The summed E-state index contributed by atoms with van der Waals surface area (Å²) in [6.07, 6.45) is 0. The molecule has 15 heavy (non-hydrogen) atoms. The second-order valence-corrected chi connectivity index (χ2v) is 3.77. The molecule has 2 aromatic heterocycles. The molecule has 0 aliphatic rings. The fraction of sp³-hybridized carbons (Fsp3) is 0.125. The number of fused-ring (bicyclic) bond motifs is 1. The number of aromatic nitrogens is 2. The van der Waals surface area contributed by atoms with E-state index in [1.54, 1.807) is 11.4 Å². The van der Waals surface area contributed by atoms with Gasteiger partial charge in [0.2, 0.25) is 0 Å². The van der Waals surface area contributed by atoms with Crippen molar-refractivity contribution in [2.45, 2.75) is 6.54 Å². The Labute approximate surface area is 86.4 Å². The summed E-state index contributed by atoms with van der Waals surface area (Å²) in [5.41, 5.74) is -0.923. The van der Waals surface area contributed by atoms with Gasteiger partial charge in [-0.2, -0.15) is 0 Å². The molecule has 0 amide bonds. The van der Waals surface area contributed by atoms with E-state index in [0.717, 1.165) is 11.3 Å². The van der Waals surface area contributed by atoms with Crippen molar-refractivity contribution in [1.29, 1.82) is 0 Å². The van der Waals surface area contributed by atoms with Gasteiger partial charge in [-0.15, -0.1) is 11.3 Å². The van der Waals surface area contributed by atoms with Gasteiger partial charge in [0.25, 0.3) is 5.56 Å². The second-order valence-electron chi connectivity index (χ2n) is 2.86. The van der Waals surface area contributed by atoms with Crippen LogP contribution in [0.1, 0.15) is 0 Å². The lowest BCUT2D eigenvalue weighted by Gasteiger charge is -2.04. The molecule has 0 unspecified atom stereocenters. The third kappa shape index (κ3) is 1.57. The Morgan fingerprint density at radius 3 is 2.93 bits per heavy atom. The van der Waals surface area contributed by atoms with E-state index in [9.17, 15) is 19.5 Å². The Morgan fingerprint density at radius 2 is 2.27 bits per heavy atom. The zero-order chi connectivity index (χ0) is 11.0. The fourth-order valence-electron chi connectivity index (χ4n) is 1.24. The lowest BCUT2D eigenvalue weighted by Crippen LogP contribution is -2.40. The molecular formula is C8H5N2O4S-. The molecule has 0 radical (unpaired) electrons. The fourth-order valence-corrected chi connectivity index (χ4v) is 2.04. The van der Waals surface area contributed by atoms with Crippen LogP contribution in [0.5, 0.6) is 0 Å². The van der Waals surface area contributed by atoms with E-state index in [1.165, 1.54) is 0 Å². The van der Waals surface area contributed by atoms with Crippen LogP contribution in [-0.4, -0.2) is 15.5 Å². The van der Waals surface area contributed by atoms with E-state index in [0.29, 0.717) is 14.8 Å². The molecule has 78 valence electrons. The predicted molar refractivity (Wildman–Crippen MR) is 51.7 cm³/mol. The first-order chi connectivity index (χ1) is 7.09. The minimum Gasteiger partial charge on any atom is -0.548 e. The Balaban J connectivity index is 2.78. The Kier molecular flexibility index (Phi) is 2.16. The van der Waals surface area contributed by atoms with Crippen LogP contribution in [0.2, 0.25) is 0 Å². The average Bonchev–Trinajstić information content (AvgIpc) is 2.59. The second kappa shape index (κ2) is 3.35. The highest BCUT2D eigenvalue weighted by atomic mass is 32.1. The first kappa shape index (κ1) is 9.66. The minimum atomic E-state index is -1.47. The zero-order valence-corrected chi connectivity index (χ0v) is 8.17. The van der Waals surface area contributed by atoms with Crippen molar-refractivity contribution >= 4 is 27.5 Å². The number of nitrogens with zero attached hydrogens (tertiary/aromatic N) is 1. The highest BCUT2D eigenvalue weighted by molar-refractivity contribution is 7.17. The van der Waals surface area contributed by atoms with Crippen molar-refractivity contribution in [3.05, 3.63) is 32.3 Å². The molecule has 2 aromatic rings. The van der Waals surface area contributed by atoms with Crippen LogP contribution in [0.4, 0.5) is 0 Å². The van der Waals surface area contributed by atoms with Crippen molar-refractivity contribution in [3.63, 3.8) is 0 Å². The van der Waals surface area contributed by atoms with Crippen LogP contribution in [0, 0.1) is 0 Å². The lowest BCUT2D eigenvalue weighted by atomic mass is 10.4. The minimum absolute atomic E-state index is 0.329. The Morgan fingerprint density at radius 1 is 1.53 bits per heavy atom. The molecule has 0 bridgehead atoms. The van der Waals surface area contributed by atoms with E-state index in [1.807, 2.05) is 0 Å². The average molecular weight is 225 g/mol. The molecule has 0 spiro atoms. The predicted octanol–water partition coefficient (Wildman–Crippen LogP) is -1.50. The van der Waals surface area contributed by atoms with Crippen molar-refractivity contribution in [1.82, 2.24) is 9.55 Å². The molecule has 0 atom stereocenters. The number of carboxylic acid groups (broad SMARTS) is 1. The van der Waals surface area contributed by atoms with Gasteiger partial charge in [-0.3, -0.25) is 9.36 Å². The van der Waals surface area contributed by atoms with Crippen LogP contribution < -0.4 is 16.4 Å². The van der Waals surface area contributed by atoms with E-state index in [-0.39, 0.29) is 0 Å². The molecule has 0 fully saturated rings. The van der Waals surface area contributed by atoms with Gasteiger partial charge in [0.1, 0.15) is 4.70 Å². The quantitative estimate of drug-likeness (QED) is 0.673. The molecule has 0 aliphatic heterocycles. The summed E-state index contributed by atoms with van der Waals surface area (Å²) in [4.78, 5) is 35.7. The number of aromatic amines is 1. The highest BCUT2D eigenvalue weighted by Gasteiger charge is 2.07. The molecule has 6 nitrogen and oxygen atoms in total. The Hall–Kier alpha value is -1.89. The smallest absolute Gasteiger partial charge is 0.329 e. The molecule has 0 saturated carbocycles. The SMILES string of the molecule is O=C([O-])Cn1c(=O)[nH]c2ccsc2c1=O. The monoisotopic (exact) mass is 225 g/mol. The summed E-state index contributed by atoms with van der Waals surface area (Å²) in [5, 5.41) is 12.0. The topological polar surface area (TPSA) is 95.0 Å². The van der Waals surface area contributed by atoms with Gasteiger partial charge in [-0.1, -0.05) is 0 Å². The molecule has 7 heteroatoms. The number of carbonyl (C=O) groups excluding carboxylic acids is 1. The number of hydrogen-bond donors (Lipinski definition) is 1. The molecular weight excluding hydrogens is 220 g/mol. The summed E-state index contributed by atoms with van der Waals surface area (Å²) in [6, 6.07) is 1.59. The van der Waals surface area contributed by atoms with E-state index < -0.39 is 23.8 Å². The van der Waals surface area contributed by atoms with Crippen molar-refractivity contribution in [2.75, 3.05) is 0 Å². The number of thiophene rings is 1. The number of H-pyrrole nitrogens is 1. The van der Waals surface area contributed by atoms with Gasteiger partial charge in [0, 0.05) is 0 Å². The maximum atomic E-state index is 11.6. The lowest BCUT2D eigenvalue weighted by molar-refractivity contribution is -0.306. The largest absolute Gasteiger partial charge is 0.548 e. The maximum absolute atomic E-state index is 11.6. The van der Waals surface area contributed by atoms with Crippen LogP contribution in [-0.2, 0) is 11.3 Å². The van der Waals surface area contributed by atoms with Gasteiger partial charge < -0.3 is 14.9 Å². The number of carboxylic acids is 1. The van der Waals surface area contributed by atoms with Gasteiger partial charge in [-0.25, -0.2) is 4.79 Å². The van der Waals surface area contributed by atoms with Gasteiger partial charge in [0.15, 0.2) is 0 Å². The van der Waals surface area contributed by atoms with Crippen LogP contribution >= 0.6 is 11.3 Å². The van der Waals surface area contributed by atoms with Crippen LogP contribution in [0.25, 0.3) is 10.2 Å². The summed E-state index contributed by atoms with van der Waals surface area (Å²) in [5.74, 6) is -1.47. The normalized spacial score (nSPS) is 10.7. The maximum Gasteiger partial charge on any atom is 0.329 e. The number of hydrogen-bond acceptors (Lipinski definition) is 5. The van der Waals surface area contributed by atoms with E-state index in [4.69, 9.17) is 0 Å². The van der Waals surface area contributed by atoms with Crippen LogP contribution in [0.3, 0.4) is 0 Å². The number of nitrogens with one attached hydrogen (secondary N) is 1. The molecule has 0 aromatic carbocycles. The first-order valence-corrected chi connectivity index (χ1v) is 4.87. The third-order valence-electron chi connectivity index (χ3n) is 1.88. The standard InChI is InChI=1S/C8H6N2O4S/c11-5(12)3-10-7(13)6-4(1-2-15-6)9-8(10)14/h1-2H,3H2,(H,9,14)(H,11,12)/p-1. The molecule has 2 rings (SSSR count). The number of rotatable bonds is 2. The molecule has 0 saturated heterocycles.